The van der Waals surface area contributed by atoms with Crippen LogP contribution in [-0.2, 0) is 24.2 Å². The molecule has 7 heteroatoms. The molecule has 8 rings (SSSR count). The molecule has 0 spiro atoms. The van der Waals surface area contributed by atoms with Gasteiger partial charge in [0.1, 0.15) is 17.4 Å². The van der Waals surface area contributed by atoms with E-state index in [1.54, 1.807) is 6.07 Å². The molecule has 0 unspecified atom stereocenters. The fourth-order valence-electron chi connectivity index (χ4n) is 7.50. The molecule has 0 fully saturated rings. The van der Waals surface area contributed by atoms with Gasteiger partial charge in [0, 0.05) is 24.6 Å². The molecular formula is C46H40N4O3. The van der Waals surface area contributed by atoms with Crippen molar-refractivity contribution in [3.05, 3.63) is 174 Å². The van der Waals surface area contributed by atoms with Crippen LogP contribution in [0.2, 0.25) is 0 Å². The first-order chi connectivity index (χ1) is 26.1. The largest absolute Gasteiger partial charge is 0.507 e. The van der Waals surface area contributed by atoms with Crippen LogP contribution < -0.4 is 0 Å². The quantitative estimate of drug-likeness (QED) is 0.129. The Hall–Kier alpha value is -6.47. The second-order valence-corrected chi connectivity index (χ2v) is 13.3. The Kier molecular flexibility index (Phi) is 9.54. The number of hydrogen-bond acceptors (Lipinski definition) is 5. The molecule has 53 heavy (non-hydrogen) atoms. The van der Waals surface area contributed by atoms with Crippen LogP contribution in [-0.4, -0.2) is 37.3 Å². The van der Waals surface area contributed by atoms with E-state index in [1.165, 1.54) is 23.8 Å². The first-order valence-electron chi connectivity index (χ1n) is 18.1. The van der Waals surface area contributed by atoms with Crippen molar-refractivity contribution in [1.29, 1.82) is 0 Å². The van der Waals surface area contributed by atoms with E-state index < -0.39 is 5.97 Å². The van der Waals surface area contributed by atoms with E-state index in [-0.39, 0.29) is 11.7 Å². The van der Waals surface area contributed by atoms with Crippen LogP contribution in [0.3, 0.4) is 0 Å². The number of esters is 1. The zero-order chi connectivity index (χ0) is 36.1. The summed E-state index contributed by atoms with van der Waals surface area (Å²) in [7, 11) is 1.39. The lowest BCUT2D eigenvalue weighted by atomic mass is 9.88. The SMILES string of the molecule is COC(=O)c1ccc2c(c1)nc(-c1cccc3nc(-c4ccccc4O)n(CCCc4ccccc4)c13)n2CCC(c1ccccc1)c1ccccc1. The number of carbonyl (C=O) groups excluding carboxylic acids is 1. The Morgan fingerprint density at radius 3 is 1.98 bits per heavy atom. The number of carbonyl (C=O) groups is 1. The first kappa shape index (κ1) is 33.7. The molecule has 0 aliphatic heterocycles. The van der Waals surface area contributed by atoms with Crippen LogP contribution in [0.25, 0.3) is 44.8 Å². The molecule has 1 N–H and O–H groups in total. The third-order valence-corrected chi connectivity index (χ3v) is 10.1. The summed E-state index contributed by atoms with van der Waals surface area (Å²) < 4.78 is 9.60. The number of nitrogens with zero attached hydrogens (tertiary/aromatic N) is 4. The summed E-state index contributed by atoms with van der Waals surface area (Å²) in [5.41, 5.74) is 9.26. The third-order valence-electron chi connectivity index (χ3n) is 10.1. The number of phenolic OH excluding ortho intramolecular Hbond substituents is 1. The first-order valence-corrected chi connectivity index (χ1v) is 18.1. The normalized spacial score (nSPS) is 11.4. The molecule has 262 valence electrons. The Bertz CT molecular complexity index is 2470. The van der Waals surface area contributed by atoms with Crippen molar-refractivity contribution in [2.24, 2.45) is 0 Å². The van der Waals surface area contributed by atoms with Gasteiger partial charge in [0.15, 0.2) is 0 Å². The average Bonchev–Trinajstić information content (AvgIpc) is 3.77. The molecule has 2 aromatic heterocycles. The zero-order valence-corrected chi connectivity index (χ0v) is 29.6. The third kappa shape index (κ3) is 6.81. The average molecular weight is 697 g/mol. The van der Waals surface area contributed by atoms with Crippen molar-refractivity contribution in [2.75, 3.05) is 7.11 Å². The van der Waals surface area contributed by atoms with E-state index in [1.807, 2.05) is 54.6 Å². The molecule has 0 saturated heterocycles. The number of imidazole rings is 2. The number of para-hydroxylation sites is 2. The molecule has 8 aromatic rings. The summed E-state index contributed by atoms with van der Waals surface area (Å²) in [5, 5.41) is 11.0. The number of hydrogen-bond donors (Lipinski definition) is 1. The van der Waals surface area contributed by atoms with Crippen LogP contribution in [0.15, 0.2) is 152 Å². The second kappa shape index (κ2) is 15.0. The Balaban J connectivity index is 1.29. The predicted octanol–water partition coefficient (Wildman–Crippen LogP) is 10.1. The number of phenols is 1. The lowest BCUT2D eigenvalue weighted by molar-refractivity contribution is 0.0601. The molecule has 0 bridgehead atoms. The second-order valence-electron chi connectivity index (χ2n) is 13.3. The van der Waals surface area contributed by atoms with Crippen LogP contribution in [0.4, 0.5) is 0 Å². The van der Waals surface area contributed by atoms with Gasteiger partial charge in [-0.1, -0.05) is 109 Å². The van der Waals surface area contributed by atoms with Crippen molar-refractivity contribution < 1.29 is 14.6 Å². The van der Waals surface area contributed by atoms with Crippen molar-refractivity contribution in [2.45, 2.75) is 38.3 Å². The topological polar surface area (TPSA) is 82.2 Å². The number of fused-ring (bicyclic) bond motifs is 2. The standard InChI is InChI=1S/C46H40N4O3/c1-53-46(52)35-26-27-41-40(31-35)48-45(49(41)30-28-36(33-18-7-3-8-19-33)34-20-9-4-10-21-34)38-23-13-24-39-43(38)50(29-14-17-32-15-5-2-6-16-32)44(47-39)37-22-11-12-25-42(37)51/h2-13,15-16,18-27,31,36,51H,14,17,28-30H2,1H3. The van der Waals surface area contributed by atoms with Gasteiger partial charge in [-0.25, -0.2) is 14.8 Å². The molecule has 0 aliphatic carbocycles. The van der Waals surface area contributed by atoms with E-state index in [0.717, 1.165) is 47.2 Å². The van der Waals surface area contributed by atoms with E-state index >= 15 is 0 Å². The van der Waals surface area contributed by atoms with Crippen LogP contribution in [0.1, 0.15) is 45.8 Å². The minimum absolute atomic E-state index is 0.156. The smallest absolute Gasteiger partial charge is 0.337 e. The molecule has 7 nitrogen and oxygen atoms in total. The fraction of sp³-hybridized carbons (Fsp3) is 0.152. The Morgan fingerprint density at radius 1 is 0.660 bits per heavy atom. The molecule has 0 atom stereocenters. The number of aryl methyl sites for hydroxylation is 3. The van der Waals surface area contributed by atoms with Gasteiger partial charge in [0.05, 0.1) is 40.3 Å². The van der Waals surface area contributed by atoms with Gasteiger partial charge in [-0.05, 0) is 78.4 Å². The maximum Gasteiger partial charge on any atom is 0.337 e. The van der Waals surface area contributed by atoms with E-state index in [0.29, 0.717) is 35.6 Å². The molecular weight excluding hydrogens is 657 g/mol. The summed E-state index contributed by atoms with van der Waals surface area (Å²) in [5.74, 6) is 1.44. The Morgan fingerprint density at radius 2 is 1.28 bits per heavy atom. The van der Waals surface area contributed by atoms with Crippen LogP contribution >= 0.6 is 0 Å². The summed E-state index contributed by atoms with van der Waals surface area (Å²) in [6, 6.07) is 50.9. The number of aromatic hydroxyl groups is 1. The lowest BCUT2D eigenvalue weighted by Gasteiger charge is -2.20. The zero-order valence-electron chi connectivity index (χ0n) is 29.6. The van der Waals surface area contributed by atoms with Gasteiger partial charge in [0.2, 0.25) is 0 Å². The van der Waals surface area contributed by atoms with Crippen molar-refractivity contribution in [3.63, 3.8) is 0 Å². The summed E-state index contributed by atoms with van der Waals surface area (Å²) in [6.45, 7) is 1.35. The minimum Gasteiger partial charge on any atom is -0.507 e. The van der Waals surface area contributed by atoms with Crippen LogP contribution in [0.5, 0.6) is 5.75 Å². The number of benzene rings is 6. The van der Waals surface area contributed by atoms with E-state index in [2.05, 4.69) is 100 Å². The number of aromatic nitrogens is 4. The summed E-state index contributed by atoms with van der Waals surface area (Å²) in [4.78, 5) is 23.1. The highest BCUT2D eigenvalue weighted by Crippen LogP contribution is 2.38. The van der Waals surface area contributed by atoms with E-state index in [9.17, 15) is 9.90 Å². The highest BCUT2D eigenvalue weighted by molar-refractivity contribution is 5.97. The highest BCUT2D eigenvalue weighted by Gasteiger charge is 2.24. The molecule has 2 heterocycles. The van der Waals surface area contributed by atoms with E-state index in [4.69, 9.17) is 14.7 Å². The molecule has 0 aliphatic rings. The van der Waals surface area contributed by atoms with Gasteiger partial charge in [-0.15, -0.1) is 0 Å². The molecule has 6 aromatic carbocycles. The maximum absolute atomic E-state index is 12.6. The van der Waals surface area contributed by atoms with Gasteiger partial charge in [-0.2, -0.15) is 0 Å². The van der Waals surface area contributed by atoms with Crippen LogP contribution in [0, 0.1) is 0 Å². The monoisotopic (exact) mass is 696 g/mol. The molecule has 0 saturated carbocycles. The van der Waals surface area contributed by atoms with Crippen molar-refractivity contribution in [1.82, 2.24) is 19.1 Å². The highest BCUT2D eigenvalue weighted by atomic mass is 16.5. The number of rotatable bonds is 12. The van der Waals surface area contributed by atoms with Gasteiger partial charge >= 0.3 is 5.97 Å². The predicted molar refractivity (Wildman–Crippen MR) is 211 cm³/mol. The lowest BCUT2D eigenvalue weighted by Crippen LogP contribution is -2.09. The molecule has 0 amide bonds. The number of methoxy groups -OCH3 is 1. The van der Waals surface area contributed by atoms with Gasteiger partial charge in [0.25, 0.3) is 0 Å². The van der Waals surface area contributed by atoms with Crippen molar-refractivity contribution >= 4 is 28.0 Å². The van der Waals surface area contributed by atoms with Gasteiger partial charge < -0.3 is 19.0 Å². The van der Waals surface area contributed by atoms with Crippen molar-refractivity contribution in [3.8, 4) is 28.5 Å². The maximum atomic E-state index is 12.6. The molecule has 0 radical (unpaired) electrons. The Labute approximate surface area is 308 Å². The fourth-order valence-corrected chi connectivity index (χ4v) is 7.50. The van der Waals surface area contributed by atoms with Gasteiger partial charge in [-0.3, -0.25) is 0 Å². The number of ether oxygens (including phenoxy) is 1. The summed E-state index contributed by atoms with van der Waals surface area (Å²) in [6.07, 6.45) is 2.60. The summed E-state index contributed by atoms with van der Waals surface area (Å²) >= 11 is 0. The minimum atomic E-state index is -0.401.